The molecule has 2 aromatic rings. The van der Waals surface area contributed by atoms with Gasteiger partial charge in [-0.3, -0.25) is 4.79 Å². The lowest BCUT2D eigenvalue weighted by atomic mass is 10.1. The van der Waals surface area contributed by atoms with E-state index in [2.05, 4.69) is 21.2 Å². The molecule has 0 fully saturated rings. The molecule has 18 heavy (non-hydrogen) atoms. The molecular formula is C13H13BrN2OS. The lowest BCUT2D eigenvalue weighted by Crippen LogP contribution is -2.31. The molecule has 0 bridgehead atoms. The number of amides is 1. The van der Waals surface area contributed by atoms with Crippen LogP contribution in [0.15, 0.2) is 45.6 Å². The third-order valence-electron chi connectivity index (χ3n) is 2.54. The van der Waals surface area contributed by atoms with Crippen molar-refractivity contribution in [2.24, 2.45) is 5.73 Å². The molecule has 0 aliphatic carbocycles. The highest BCUT2D eigenvalue weighted by molar-refractivity contribution is 9.11. The second-order valence-electron chi connectivity index (χ2n) is 3.87. The van der Waals surface area contributed by atoms with Crippen LogP contribution in [0, 0.1) is 0 Å². The Morgan fingerprint density at radius 3 is 2.72 bits per heavy atom. The van der Waals surface area contributed by atoms with Crippen LogP contribution in [0.4, 0.5) is 0 Å². The van der Waals surface area contributed by atoms with E-state index in [-0.39, 0.29) is 11.9 Å². The molecule has 0 radical (unpaired) electrons. The summed E-state index contributed by atoms with van der Waals surface area (Å²) in [6.45, 7) is 0.427. The molecule has 1 aromatic carbocycles. The Morgan fingerprint density at radius 1 is 1.39 bits per heavy atom. The summed E-state index contributed by atoms with van der Waals surface area (Å²) in [6, 6.07) is 11.3. The van der Waals surface area contributed by atoms with E-state index in [9.17, 15) is 4.79 Å². The SMILES string of the molecule is NC(CNC(=O)c1csc(Br)c1)c1ccccc1. The van der Waals surface area contributed by atoms with Crippen LogP contribution in [-0.4, -0.2) is 12.5 Å². The summed E-state index contributed by atoms with van der Waals surface area (Å²) >= 11 is 4.82. The van der Waals surface area contributed by atoms with E-state index in [1.54, 1.807) is 6.07 Å². The predicted octanol–water partition coefficient (Wildman–Crippen LogP) is 2.94. The molecule has 94 valence electrons. The van der Waals surface area contributed by atoms with Crippen LogP contribution < -0.4 is 11.1 Å². The van der Waals surface area contributed by atoms with E-state index >= 15 is 0 Å². The van der Waals surface area contributed by atoms with Crippen LogP contribution >= 0.6 is 27.3 Å². The predicted molar refractivity (Wildman–Crippen MR) is 77.7 cm³/mol. The topological polar surface area (TPSA) is 55.1 Å². The van der Waals surface area contributed by atoms with E-state index in [0.717, 1.165) is 9.35 Å². The zero-order valence-electron chi connectivity index (χ0n) is 9.60. The summed E-state index contributed by atoms with van der Waals surface area (Å²) in [5, 5.41) is 4.65. The quantitative estimate of drug-likeness (QED) is 0.908. The third-order valence-corrected chi connectivity index (χ3v) is 4.04. The van der Waals surface area contributed by atoms with Gasteiger partial charge in [0.15, 0.2) is 0 Å². The Kier molecular flexibility index (Phi) is 4.52. The fourth-order valence-corrected chi connectivity index (χ4v) is 2.69. The van der Waals surface area contributed by atoms with Gasteiger partial charge >= 0.3 is 0 Å². The van der Waals surface area contributed by atoms with Gasteiger partial charge in [0.2, 0.25) is 0 Å². The van der Waals surface area contributed by atoms with Crippen molar-refractivity contribution in [1.82, 2.24) is 5.32 Å². The average Bonchev–Trinajstić information content (AvgIpc) is 2.83. The van der Waals surface area contributed by atoms with Gasteiger partial charge in [0.25, 0.3) is 5.91 Å². The number of benzene rings is 1. The molecule has 5 heteroatoms. The Labute approximate surface area is 118 Å². The van der Waals surface area contributed by atoms with Crippen LogP contribution in [0.3, 0.4) is 0 Å². The van der Waals surface area contributed by atoms with Crippen molar-refractivity contribution in [1.29, 1.82) is 0 Å². The van der Waals surface area contributed by atoms with E-state index in [1.165, 1.54) is 11.3 Å². The van der Waals surface area contributed by atoms with Gasteiger partial charge in [-0.2, -0.15) is 0 Å². The average molecular weight is 325 g/mol. The molecule has 1 unspecified atom stereocenters. The van der Waals surface area contributed by atoms with Crippen molar-refractivity contribution in [3.05, 3.63) is 56.7 Å². The number of rotatable bonds is 4. The van der Waals surface area contributed by atoms with Crippen molar-refractivity contribution in [3.63, 3.8) is 0 Å². The maximum Gasteiger partial charge on any atom is 0.252 e. The van der Waals surface area contributed by atoms with Crippen molar-refractivity contribution >= 4 is 33.2 Å². The normalized spacial score (nSPS) is 12.1. The summed E-state index contributed by atoms with van der Waals surface area (Å²) in [6.07, 6.45) is 0. The molecule has 1 atom stereocenters. The minimum Gasteiger partial charge on any atom is -0.350 e. The standard InChI is InChI=1S/C13H13BrN2OS/c14-12-6-10(8-18-12)13(17)16-7-11(15)9-4-2-1-3-5-9/h1-6,8,11H,7,15H2,(H,16,17). The number of carbonyl (C=O) groups is 1. The summed E-state index contributed by atoms with van der Waals surface area (Å²) in [7, 11) is 0. The van der Waals surface area contributed by atoms with Crippen molar-refractivity contribution in [2.45, 2.75) is 6.04 Å². The highest BCUT2D eigenvalue weighted by atomic mass is 79.9. The molecule has 0 aliphatic rings. The lowest BCUT2D eigenvalue weighted by molar-refractivity contribution is 0.0951. The molecule has 3 N–H and O–H groups in total. The van der Waals surface area contributed by atoms with Gasteiger partial charge in [-0.05, 0) is 27.6 Å². The Balaban J connectivity index is 1.90. The fraction of sp³-hybridized carbons (Fsp3) is 0.154. The molecular weight excluding hydrogens is 312 g/mol. The molecule has 0 saturated heterocycles. The fourth-order valence-electron chi connectivity index (χ4n) is 1.55. The molecule has 1 heterocycles. The van der Waals surface area contributed by atoms with E-state index in [1.807, 2.05) is 35.7 Å². The van der Waals surface area contributed by atoms with Gasteiger partial charge in [-0.25, -0.2) is 0 Å². The highest BCUT2D eigenvalue weighted by Crippen LogP contribution is 2.20. The van der Waals surface area contributed by atoms with Crippen molar-refractivity contribution in [3.8, 4) is 0 Å². The number of hydrogen-bond donors (Lipinski definition) is 2. The molecule has 0 spiro atoms. The van der Waals surface area contributed by atoms with Crippen LogP contribution in [0.25, 0.3) is 0 Å². The molecule has 3 nitrogen and oxygen atoms in total. The first-order valence-corrected chi connectivity index (χ1v) is 7.17. The minimum absolute atomic E-state index is 0.0941. The summed E-state index contributed by atoms with van der Waals surface area (Å²) < 4.78 is 0.944. The first-order valence-electron chi connectivity index (χ1n) is 5.49. The van der Waals surface area contributed by atoms with Gasteiger partial charge in [-0.1, -0.05) is 30.3 Å². The monoisotopic (exact) mass is 324 g/mol. The maximum atomic E-state index is 11.8. The highest BCUT2D eigenvalue weighted by Gasteiger charge is 2.10. The van der Waals surface area contributed by atoms with Crippen LogP contribution in [0.1, 0.15) is 22.0 Å². The van der Waals surface area contributed by atoms with E-state index < -0.39 is 0 Å². The van der Waals surface area contributed by atoms with Crippen LogP contribution in [-0.2, 0) is 0 Å². The van der Waals surface area contributed by atoms with Gasteiger partial charge in [0.1, 0.15) is 0 Å². The summed E-state index contributed by atoms with van der Waals surface area (Å²) in [5.41, 5.74) is 7.68. The van der Waals surface area contributed by atoms with Gasteiger partial charge in [0, 0.05) is 18.0 Å². The number of thiophene rings is 1. The second-order valence-corrected chi connectivity index (χ2v) is 6.16. The molecule has 0 saturated carbocycles. The number of nitrogens with one attached hydrogen (secondary N) is 1. The number of hydrogen-bond acceptors (Lipinski definition) is 3. The van der Waals surface area contributed by atoms with E-state index in [4.69, 9.17) is 5.73 Å². The largest absolute Gasteiger partial charge is 0.350 e. The summed E-state index contributed by atoms with van der Waals surface area (Å²) in [4.78, 5) is 11.8. The van der Waals surface area contributed by atoms with Gasteiger partial charge in [0.05, 0.1) is 9.35 Å². The molecule has 1 amide bonds. The minimum atomic E-state index is -0.183. The molecule has 1 aromatic heterocycles. The zero-order chi connectivity index (χ0) is 13.0. The Morgan fingerprint density at radius 2 is 2.11 bits per heavy atom. The number of halogens is 1. The summed E-state index contributed by atoms with van der Waals surface area (Å²) in [5.74, 6) is -0.0941. The third kappa shape index (κ3) is 3.41. The molecule has 0 aliphatic heterocycles. The maximum absolute atomic E-state index is 11.8. The number of carbonyl (C=O) groups excluding carboxylic acids is 1. The number of nitrogens with two attached hydrogens (primary N) is 1. The molecule has 2 rings (SSSR count). The van der Waals surface area contributed by atoms with E-state index in [0.29, 0.717) is 12.1 Å². The first-order chi connectivity index (χ1) is 8.66. The van der Waals surface area contributed by atoms with Crippen molar-refractivity contribution in [2.75, 3.05) is 6.54 Å². The van der Waals surface area contributed by atoms with Crippen LogP contribution in [0.5, 0.6) is 0 Å². The second kappa shape index (κ2) is 6.13. The Hall–Kier alpha value is -1.17. The van der Waals surface area contributed by atoms with Gasteiger partial charge in [-0.15, -0.1) is 11.3 Å². The van der Waals surface area contributed by atoms with Crippen molar-refractivity contribution < 1.29 is 4.79 Å². The first kappa shape index (κ1) is 13.3. The smallest absolute Gasteiger partial charge is 0.252 e. The van der Waals surface area contributed by atoms with Crippen LogP contribution in [0.2, 0.25) is 0 Å². The van der Waals surface area contributed by atoms with Gasteiger partial charge < -0.3 is 11.1 Å². The zero-order valence-corrected chi connectivity index (χ0v) is 12.0. The lowest BCUT2D eigenvalue weighted by Gasteiger charge is -2.12. The Bertz CT molecular complexity index is 527.